The number of aliphatic carboxylic acids is 1. The average molecular weight is 281 g/mol. The lowest BCUT2D eigenvalue weighted by Gasteiger charge is -2.11. The molecule has 0 aliphatic heterocycles. The molecule has 1 aromatic carbocycles. The number of methoxy groups -OCH3 is 1. The highest BCUT2D eigenvalue weighted by Gasteiger charge is 2.18. The Hall–Kier alpha value is -0.420. The highest BCUT2D eigenvalue weighted by atomic mass is 35.5. The molecule has 0 saturated carbocycles. The minimum Gasteiger partial charge on any atom is -0.480 e. The van der Waals surface area contributed by atoms with E-state index >= 15 is 0 Å². The van der Waals surface area contributed by atoms with Crippen molar-refractivity contribution in [1.29, 1.82) is 0 Å². The van der Waals surface area contributed by atoms with E-state index in [0.717, 1.165) is 4.90 Å². The number of ether oxygens (including phenoxy) is 1. The fourth-order valence-corrected chi connectivity index (χ4v) is 2.35. The van der Waals surface area contributed by atoms with E-state index in [-0.39, 0.29) is 6.61 Å². The lowest BCUT2D eigenvalue weighted by Crippen LogP contribution is -2.21. The van der Waals surface area contributed by atoms with Gasteiger partial charge in [0.2, 0.25) is 0 Å². The predicted molar refractivity (Wildman–Crippen MR) is 65.6 cm³/mol. The summed E-state index contributed by atoms with van der Waals surface area (Å²) in [5.41, 5.74) is 0. The van der Waals surface area contributed by atoms with Gasteiger partial charge in [0.1, 0.15) is 5.25 Å². The van der Waals surface area contributed by atoms with E-state index in [1.807, 2.05) is 0 Å². The van der Waals surface area contributed by atoms with Crippen molar-refractivity contribution in [2.24, 2.45) is 0 Å². The second-order valence-corrected chi connectivity index (χ2v) is 5.07. The molecule has 88 valence electrons. The third kappa shape index (κ3) is 3.87. The van der Waals surface area contributed by atoms with Crippen molar-refractivity contribution < 1.29 is 14.6 Å². The molecule has 1 atom stereocenters. The number of carboxylic acid groups (broad SMARTS) is 1. The third-order valence-corrected chi connectivity index (χ3v) is 3.65. The van der Waals surface area contributed by atoms with Crippen LogP contribution in [-0.4, -0.2) is 30.0 Å². The van der Waals surface area contributed by atoms with Gasteiger partial charge in [0.05, 0.1) is 16.7 Å². The first-order valence-electron chi connectivity index (χ1n) is 4.38. The van der Waals surface area contributed by atoms with E-state index in [9.17, 15) is 4.79 Å². The molecule has 3 nitrogen and oxygen atoms in total. The molecule has 0 aliphatic rings. The Labute approximate surface area is 108 Å². The minimum absolute atomic E-state index is 0.139. The molecule has 1 rings (SSSR count). The Bertz CT molecular complexity index is 384. The van der Waals surface area contributed by atoms with Crippen LogP contribution in [0.2, 0.25) is 10.0 Å². The summed E-state index contributed by atoms with van der Waals surface area (Å²) in [5.74, 6) is -0.919. The van der Waals surface area contributed by atoms with Crippen molar-refractivity contribution in [2.45, 2.75) is 10.1 Å². The Morgan fingerprint density at radius 2 is 2.19 bits per heavy atom. The van der Waals surface area contributed by atoms with Gasteiger partial charge in [-0.05, 0) is 18.2 Å². The fourth-order valence-electron chi connectivity index (χ4n) is 1.02. The second-order valence-electron chi connectivity index (χ2n) is 2.98. The van der Waals surface area contributed by atoms with Crippen molar-refractivity contribution in [1.82, 2.24) is 0 Å². The number of halogens is 2. The molecular formula is C10H10Cl2O3S. The molecule has 0 saturated heterocycles. The van der Waals surface area contributed by atoms with Crippen molar-refractivity contribution in [3.8, 4) is 0 Å². The molecule has 0 fully saturated rings. The van der Waals surface area contributed by atoms with E-state index in [2.05, 4.69) is 0 Å². The number of benzene rings is 1. The standard InChI is InChI=1S/C10H10Cl2O3S/c1-15-5-9(10(13)14)16-6-2-3-7(11)8(12)4-6/h2-4,9H,5H2,1H3,(H,13,14). The average Bonchev–Trinajstić information content (AvgIpc) is 2.22. The first-order chi connectivity index (χ1) is 7.54. The van der Waals surface area contributed by atoms with E-state index in [0.29, 0.717) is 10.0 Å². The maximum atomic E-state index is 10.9. The molecule has 0 bridgehead atoms. The van der Waals surface area contributed by atoms with Crippen LogP contribution in [0.15, 0.2) is 23.1 Å². The summed E-state index contributed by atoms with van der Waals surface area (Å²) in [6.45, 7) is 0.139. The van der Waals surface area contributed by atoms with Crippen molar-refractivity contribution in [3.05, 3.63) is 28.2 Å². The van der Waals surface area contributed by atoms with E-state index in [1.54, 1.807) is 18.2 Å². The lowest BCUT2D eigenvalue weighted by atomic mass is 10.4. The first kappa shape index (κ1) is 13.6. The van der Waals surface area contributed by atoms with Crippen LogP contribution in [-0.2, 0) is 9.53 Å². The van der Waals surface area contributed by atoms with Crippen LogP contribution in [0.4, 0.5) is 0 Å². The van der Waals surface area contributed by atoms with Gasteiger partial charge in [-0.15, -0.1) is 11.8 Å². The van der Waals surface area contributed by atoms with Crippen LogP contribution < -0.4 is 0 Å². The lowest BCUT2D eigenvalue weighted by molar-refractivity contribution is -0.137. The number of hydrogen-bond donors (Lipinski definition) is 1. The van der Waals surface area contributed by atoms with Gasteiger partial charge in [-0.3, -0.25) is 4.79 Å². The Kier molecular flexibility index (Phi) is 5.41. The zero-order chi connectivity index (χ0) is 12.1. The second kappa shape index (κ2) is 6.35. The van der Waals surface area contributed by atoms with Crippen LogP contribution in [0.3, 0.4) is 0 Å². The topological polar surface area (TPSA) is 46.5 Å². The number of thioether (sulfide) groups is 1. The Balaban J connectivity index is 2.77. The summed E-state index contributed by atoms with van der Waals surface area (Å²) in [6, 6.07) is 5.00. The quantitative estimate of drug-likeness (QED) is 0.842. The first-order valence-corrected chi connectivity index (χ1v) is 6.01. The zero-order valence-corrected chi connectivity index (χ0v) is 10.8. The summed E-state index contributed by atoms with van der Waals surface area (Å²) in [5, 5.41) is 9.14. The number of carbonyl (C=O) groups is 1. The number of rotatable bonds is 5. The van der Waals surface area contributed by atoms with Gasteiger partial charge in [0, 0.05) is 12.0 Å². The maximum Gasteiger partial charge on any atom is 0.319 e. The van der Waals surface area contributed by atoms with Crippen LogP contribution >= 0.6 is 35.0 Å². The smallest absolute Gasteiger partial charge is 0.319 e. The summed E-state index contributed by atoms with van der Waals surface area (Å²) >= 11 is 12.8. The molecule has 0 aromatic heterocycles. The monoisotopic (exact) mass is 280 g/mol. The Morgan fingerprint density at radius 3 is 2.69 bits per heavy atom. The maximum absolute atomic E-state index is 10.9. The molecule has 1 N–H and O–H groups in total. The van der Waals surface area contributed by atoms with Crippen molar-refractivity contribution >= 4 is 40.9 Å². The molecule has 16 heavy (non-hydrogen) atoms. The summed E-state index contributed by atoms with van der Waals surface area (Å²) in [7, 11) is 1.46. The van der Waals surface area contributed by atoms with Crippen LogP contribution in [0.5, 0.6) is 0 Å². The third-order valence-electron chi connectivity index (χ3n) is 1.76. The van der Waals surface area contributed by atoms with Crippen LogP contribution in [0.25, 0.3) is 0 Å². The fraction of sp³-hybridized carbons (Fsp3) is 0.300. The van der Waals surface area contributed by atoms with Gasteiger partial charge < -0.3 is 9.84 Å². The molecule has 0 aliphatic carbocycles. The highest BCUT2D eigenvalue weighted by molar-refractivity contribution is 8.00. The van der Waals surface area contributed by atoms with Gasteiger partial charge in [-0.2, -0.15) is 0 Å². The SMILES string of the molecule is COCC(Sc1ccc(Cl)c(Cl)c1)C(=O)O. The van der Waals surface area contributed by atoms with Crippen LogP contribution in [0, 0.1) is 0 Å². The molecule has 1 aromatic rings. The zero-order valence-electron chi connectivity index (χ0n) is 8.44. The molecule has 0 spiro atoms. The molecule has 6 heteroatoms. The van der Waals surface area contributed by atoms with Crippen LogP contribution in [0.1, 0.15) is 0 Å². The van der Waals surface area contributed by atoms with E-state index in [1.165, 1.54) is 18.9 Å². The highest BCUT2D eigenvalue weighted by Crippen LogP contribution is 2.30. The number of hydrogen-bond acceptors (Lipinski definition) is 3. The summed E-state index contributed by atoms with van der Waals surface area (Å²) in [6.07, 6.45) is 0. The van der Waals surface area contributed by atoms with Gasteiger partial charge in [0.15, 0.2) is 0 Å². The number of carboxylic acids is 1. The van der Waals surface area contributed by atoms with E-state index in [4.69, 9.17) is 33.0 Å². The minimum atomic E-state index is -0.919. The van der Waals surface area contributed by atoms with Gasteiger partial charge in [0.25, 0.3) is 0 Å². The molecule has 1 unspecified atom stereocenters. The van der Waals surface area contributed by atoms with Gasteiger partial charge in [-0.1, -0.05) is 23.2 Å². The molecular weight excluding hydrogens is 271 g/mol. The summed E-state index contributed by atoms with van der Waals surface area (Å²) < 4.78 is 4.83. The summed E-state index contributed by atoms with van der Waals surface area (Å²) in [4.78, 5) is 11.6. The predicted octanol–water partition coefficient (Wildman–Crippen LogP) is 3.19. The van der Waals surface area contributed by atoms with Gasteiger partial charge in [-0.25, -0.2) is 0 Å². The largest absolute Gasteiger partial charge is 0.480 e. The van der Waals surface area contributed by atoms with Crippen molar-refractivity contribution in [2.75, 3.05) is 13.7 Å². The Morgan fingerprint density at radius 1 is 1.50 bits per heavy atom. The molecule has 0 radical (unpaired) electrons. The molecule has 0 amide bonds. The van der Waals surface area contributed by atoms with Gasteiger partial charge >= 0.3 is 5.97 Å². The van der Waals surface area contributed by atoms with Crippen molar-refractivity contribution in [3.63, 3.8) is 0 Å². The van der Waals surface area contributed by atoms with E-state index < -0.39 is 11.2 Å². The molecule has 0 heterocycles. The normalized spacial score (nSPS) is 12.4.